The van der Waals surface area contributed by atoms with Crippen molar-refractivity contribution >= 4 is 0 Å². The molecule has 0 fully saturated rings. The Balaban J connectivity index is 1.90. The van der Waals surface area contributed by atoms with E-state index in [1.165, 1.54) is 11.1 Å². The molecule has 2 aromatic rings. The zero-order valence-corrected chi connectivity index (χ0v) is 10.1. The van der Waals surface area contributed by atoms with Crippen LogP contribution in [0, 0.1) is 13.8 Å². The second-order valence-electron chi connectivity index (χ2n) is 4.00. The number of pyridine rings is 1. The number of rotatable bonds is 4. The predicted octanol–water partition coefficient (Wildman–Crippen LogP) is 1.78. The summed E-state index contributed by atoms with van der Waals surface area (Å²) in [6.07, 6.45) is 5.49. The van der Waals surface area contributed by atoms with Crippen LogP contribution in [-0.4, -0.2) is 15.0 Å². The summed E-state index contributed by atoms with van der Waals surface area (Å²) >= 11 is 0. The molecule has 0 bridgehead atoms. The lowest BCUT2D eigenvalue weighted by atomic mass is 10.1. The Hall–Kier alpha value is -1.81. The summed E-state index contributed by atoms with van der Waals surface area (Å²) in [5.74, 6) is 0.807. The van der Waals surface area contributed by atoms with Gasteiger partial charge in [0.2, 0.25) is 0 Å². The quantitative estimate of drug-likeness (QED) is 0.866. The van der Waals surface area contributed by atoms with Crippen LogP contribution in [0.5, 0.6) is 0 Å². The van der Waals surface area contributed by atoms with Gasteiger partial charge in [-0.05, 0) is 37.1 Å². The molecule has 2 heterocycles. The fourth-order valence-electron chi connectivity index (χ4n) is 1.61. The molecule has 0 unspecified atom stereocenters. The SMILES string of the molecule is Cc1nccc(CNCc2cnccc2C)n1. The molecule has 0 atom stereocenters. The predicted molar refractivity (Wildman–Crippen MR) is 66.3 cm³/mol. The Morgan fingerprint density at radius 2 is 2.00 bits per heavy atom. The van der Waals surface area contributed by atoms with E-state index in [1.54, 1.807) is 6.20 Å². The van der Waals surface area contributed by atoms with E-state index in [4.69, 9.17) is 0 Å². The van der Waals surface area contributed by atoms with Crippen molar-refractivity contribution in [3.8, 4) is 0 Å². The maximum atomic E-state index is 4.34. The summed E-state index contributed by atoms with van der Waals surface area (Å²) in [4.78, 5) is 12.5. The largest absolute Gasteiger partial charge is 0.307 e. The molecule has 88 valence electrons. The number of aryl methyl sites for hydroxylation is 2. The summed E-state index contributed by atoms with van der Waals surface area (Å²) in [7, 11) is 0. The minimum Gasteiger partial charge on any atom is -0.307 e. The molecule has 0 aliphatic carbocycles. The van der Waals surface area contributed by atoms with Crippen LogP contribution in [0.25, 0.3) is 0 Å². The van der Waals surface area contributed by atoms with Crippen molar-refractivity contribution in [1.82, 2.24) is 20.3 Å². The minimum atomic E-state index is 0.748. The Morgan fingerprint density at radius 1 is 1.12 bits per heavy atom. The maximum absolute atomic E-state index is 4.34. The molecule has 17 heavy (non-hydrogen) atoms. The third kappa shape index (κ3) is 3.32. The molecule has 2 rings (SSSR count). The second kappa shape index (κ2) is 5.50. The van der Waals surface area contributed by atoms with Gasteiger partial charge in [0.1, 0.15) is 5.82 Å². The van der Waals surface area contributed by atoms with E-state index in [1.807, 2.05) is 31.5 Å². The summed E-state index contributed by atoms with van der Waals surface area (Å²) in [6, 6.07) is 3.95. The number of nitrogens with one attached hydrogen (secondary N) is 1. The van der Waals surface area contributed by atoms with Crippen molar-refractivity contribution in [2.45, 2.75) is 26.9 Å². The van der Waals surface area contributed by atoms with E-state index in [9.17, 15) is 0 Å². The minimum absolute atomic E-state index is 0.748. The van der Waals surface area contributed by atoms with Gasteiger partial charge in [-0.25, -0.2) is 9.97 Å². The monoisotopic (exact) mass is 228 g/mol. The molecular weight excluding hydrogens is 212 g/mol. The third-order valence-corrected chi connectivity index (χ3v) is 2.60. The number of aromatic nitrogens is 3. The molecule has 1 N–H and O–H groups in total. The van der Waals surface area contributed by atoms with Crippen molar-refractivity contribution in [2.75, 3.05) is 0 Å². The maximum Gasteiger partial charge on any atom is 0.125 e. The first-order valence-electron chi connectivity index (χ1n) is 5.64. The lowest BCUT2D eigenvalue weighted by Gasteiger charge is -2.06. The van der Waals surface area contributed by atoms with Crippen molar-refractivity contribution in [3.63, 3.8) is 0 Å². The average Bonchev–Trinajstić information content (AvgIpc) is 2.32. The second-order valence-corrected chi connectivity index (χ2v) is 4.00. The Labute approximate surface area is 101 Å². The number of nitrogens with zero attached hydrogens (tertiary/aromatic N) is 3. The van der Waals surface area contributed by atoms with Crippen LogP contribution >= 0.6 is 0 Å². The van der Waals surface area contributed by atoms with Gasteiger partial charge in [0.15, 0.2) is 0 Å². The van der Waals surface area contributed by atoms with Gasteiger partial charge < -0.3 is 5.32 Å². The van der Waals surface area contributed by atoms with Crippen LogP contribution in [0.4, 0.5) is 0 Å². The summed E-state index contributed by atoms with van der Waals surface area (Å²) in [6.45, 7) is 5.54. The Kier molecular flexibility index (Phi) is 3.77. The zero-order valence-electron chi connectivity index (χ0n) is 10.1. The van der Waals surface area contributed by atoms with Gasteiger partial charge >= 0.3 is 0 Å². The van der Waals surface area contributed by atoms with Gasteiger partial charge in [0.05, 0.1) is 5.69 Å². The van der Waals surface area contributed by atoms with Gasteiger partial charge in [0, 0.05) is 31.7 Å². The molecule has 0 spiro atoms. The molecule has 0 amide bonds. The van der Waals surface area contributed by atoms with Gasteiger partial charge in [-0.3, -0.25) is 4.98 Å². The fourth-order valence-corrected chi connectivity index (χ4v) is 1.61. The molecule has 0 aliphatic rings. The van der Waals surface area contributed by atoms with Gasteiger partial charge in [-0.2, -0.15) is 0 Å². The molecular formula is C13H16N4. The van der Waals surface area contributed by atoms with E-state index in [-0.39, 0.29) is 0 Å². The Bertz CT molecular complexity index is 496. The third-order valence-electron chi connectivity index (χ3n) is 2.60. The highest BCUT2D eigenvalue weighted by Crippen LogP contribution is 2.04. The molecule has 0 radical (unpaired) electrons. The van der Waals surface area contributed by atoms with Gasteiger partial charge in [0.25, 0.3) is 0 Å². The van der Waals surface area contributed by atoms with Gasteiger partial charge in [-0.1, -0.05) is 0 Å². The Morgan fingerprint density at radius 3 is 2.76 bits per heavy atom. The highest BCUT2D eigenvalue weighted by atomic mass is 14.9. The van der Waals surface area contributed by atoms with Crippen LogP contribution in [0.2, 0.25) is 0 Å². The van der Waals surface area contributed by atoms with Crippen LogP contribution < -0.4 is 5.32 Å². The van der Waals surface area contributed by atoms with Crippen molar-refractivity contribution < 1.29 is 0 Å². The molecule has 0 aromatic carbocycles. The van der Waals surface area contributed by atoms with Crippen LogP contribution in [0.15, 0.2) is 30.7 Å². The zero-order chi connectivity index (χ0) is 12.1. The molecule has 4 nitrogen and oxygen atoms in total. The van der Waals surface area contributed by atoms with E-state index in [0.717, 1.165) is 24.6 Å². The molecule has 4 heteroatoms. The topological polar surface area (TPSA) is 50.7 Å². The molecule has 0 aliphatic heterocycles. The summed E-state index contributed by atoms with van der Waals surface area (Å²) in [5, 5.41) is 3.36. The number of hydrogen-bond acceptors (Lipinski definition) is 4. The van der Waals surface area contributed by atoms with Crippen molar-refractivity contribution in [3.05, 3.63) is 53.4 Å². The van der Waals surface area contributed by atoms with E-state index >= 15 is 0 Å². The normalized spacial score (nSPS) is 10.5. The molecule has 0 saturated carbocycles. The molecule has 0 saturated heterocycles. The number of hydrogen-bond donors (Lipinski definition) is 1. The van der Waals surface area contributed by atoms with Crippen LogP contribution in [0.1, 0.15) is 22.6 Å². The van der Waals surface area contributed by atoms with E-state index in [0.29, 0.717) is 0 Å². The first-order valence-corrected chi connectivity index (χ1v) is 5.64. The van der Waals surface area contributed by atoms with Crippen LogP contribution in [-0.2, 0) is 13.1 Å². The standard InChI is InChI=1S/C13H16N4/c1-10-3-5-14-7-12(10)8-15-9-13-4-6-16-11(2)17-13/h3-7,15H,8-9H2,1-2H3. The highest BCUT2D eigenvalue weighted by molar-refractivity contribution is 5.21. The van der Waals surface area contributed by atoms with Crippen molar-refractivity contribution in [2.24, 2.45) is 0 Å². The van der Waals surface area contributed by atoms with E-state index in [2.05, 4.69) is 27.2 Å². The van der Waals surface area contributed by atoms with Crippen molar-refractivity contribution in [1.29, 1.82) is 0 Å². The summed E-state index contributed by atoms with van der Waals surface area (Å²) in [5.41, 5.74) is 3.49. The lowest BCUT2D eigenvalue weighted by Crippen LogP contribution is -2.15. The summed E-state index contributed by atoms with van der Waals surface area (Å²) < 4.78 is 0. The molecule has 2 aromatic heterocycles. The van der Waals surface area contributed by atoms with E-state index < -0.39 is 0 Å². The fraction of sp³-hybridized carbons (Fsp3) is 0.308. The van der Waals surface area contributed by atoms with Crippen LogP contribution in [0.3, 0.4) is 0 Å². The lowest BCUT2D eigenvalue weighted by molar-refractivity contribution is 0.671. The highest BCUT2D eigenvalue weighted by Gasteiger charge is 1.98. The first kappa shape index (κ1) is 11.7. The first-order chi connectivity index (χ1) is 8.25. The smallest absolute Gasteiger partial charge is 0.125 e. The van der Waals surface area contributed by atoms with Gasteiger partial charge in [-0.15, -0.1) is 0 Å². The average molecular weight is 228 g/mol.